The van der Waals surface area contributed by atoms with Crippen molar-refractivity contribution in [2.45, 2.75) is 6.61 Å². The lowest BCUT2D eigenvalue weighted by Gasteiger charge is -2.07. The first-order chi connectivity index (χ1) is 7.70. The molecule has 1 N–H and O–H groups in total. The van der Waals surface area contributed by atoms with Crippen molar-refractivity contribution < 1.29 is 14.6 Å². The minimum absolute atomic E-state index is 0.0440. The lowest BCUT2D eigenvalue weighted by Crippen LogP contribution is -1.95. The van der Waals surface area contributed by atoms with Crippen LogP contribution in [0.4, 0.5) is 0 Å². The van der Waals surface area contributed by atoms with Crippen LogP contribution < -0.4 is 0 Å². The van der Waals surface area contributed by atoms with Gasteiger partial charge < -0.3 is 9.84 Å². The number of aromatic hydroxyl groups is 1. The SMILES string of the molecule is O=C1OCc2c1c(O)c1ccccc1c2Cl. The van der Waals surface area contributed by atoms with Crippen LogP contribution in [0.2, 0.25) is 5.02 Å². The van der Waals surface area contributed by atoms with Gasteiger partial charge in [-0.25, -0.2) is 4.79 Å². The lowest BCUT2D eigenvalue weighted by molar-refractivity contribution is 0.0533. The maximum Gasteiger partial charge on any atom is 0.342 e. The standard InChI is InChI=1S/C12H7ClO3/c13-10-6-3-1-2-4-7(6)11(14)9-8(10)5-16-12(9)15/h1-4,14H,5H2. The number of esters is 1. The van der Waals surface area contributed by atoms with Gasteiger partial charge in [-0.05, 0) is 0 Å². The number of carbonyl (C=O) groups excluding carboxylic acids is 1. The highest BCUT2D eigenvalue weighted by molar-refractivity contribution is 6.37. The van der Waals surface area contributed by atoms with Gasteiger partial charge in [-0.15, -0.1) is 0 Å². The van der Waals surface area contributed by atoms with Crippen LogP contribution in [0.5, 0.6) is 5.75 Å². The zero-order valence-corrected chi connectivity index (χ0v) is 8.91. The first-order valence-corrected chi connectivity index (χ1v) is 5.17. The van der Waals surface area contributed by atoms with Gasteiger partial charge in [0.25, 0.3) is 0 Å². The van der Waals surface area contributed by atoms with Crippen LogP contribution in [0.15, 0.2) is 24.3 Å². The third-order valence-corrected chi connectivity index (χ3v) is 3.21. The lowest BCUT2D eigenvalue weighted by atomic mass is 10.0. The van der Waals surface area contributed by atoms with Crippen LogP contribution in [-0.2, 0) is 11.3 Å². The summed E-state index contributed by atoms with van der Waals surface area (Å²) in [6.07, 6.45) is 0. The smallest absolute Gasteiger partial charge is 0.342 e. The maximum absolute atomic E-state index is 11.4. The van der Waals surface area contributed by atoms with Crippen molar-refractivity contribution >= 4 is 28.3 Å². The summed E-state index contributed by atoms with van der Waals surface area (Å²) >= 11 is 6.18. The third kappa shape index (κ3) is 1.06. The summed E-state index contributed by atoms with van der Waals surface area (Å²) in [5, 5.41) is 11.8. The Bertz CT molecular complexity index is 619. The van der Waals surface area contributed by atoms with E-state index in [1.165, 1.54) is 0 Å². The van der Waals surface area contributed by atoms with Crippen molar-refractivity contribution in [2.75, 3.05) is 0 Å². The summed E-state index contributed by atoms with van der Waals surface area (Å²) in [6.45, 7) is 0.130. The number of rotatable bonds is 0. The van der Waals surface area contributed by atoms with Gasteiger partial charge in [0.15, 0.2) is 0 Å². The van der Waals surface area contributed by atoms with E-state index in [4.69, 9.17) is 16.3 Å². The molecule has 0 unspecified atom stereocenters. The average Bonchev–Trinajstić information content (AvgIpc) is 2.69. The van der Waals surface area contributed by atoms with Crippen molar-refractivity contribution in [1.29, 1.82) is 0 Å². The number of hydrogen-bond donors (Lipinski definition) is 1. The van der Waals surface area contributed by atoms with Gasteiger partial charge in [0.2, 0.25) is 0 Å². The van der Waals surface area contributed by atoms with Crippen molar-refractivity contribution in [3.63, 3.8) is 0 Å². The second-order valence-electron chi connectivity index (χ2n) is 3.64. The van der Waals surface area contributed by atoms with Gasteiger partial charge in [-0.2, -0.15) is 0 Å². The Morgan fingerprint density at radius 2 is 1.94 bits per heavy atom. The minimum atomic E-state index is -0.514. The molecule has 0 saturated carbocycles. The predicted octanol–water partition coefficient (Wildman–Crippen LogP) is 2.87. The summed E-state index contributed by atoms with van der Waals surface area (Å²) < 4.78 is 4.87. The summed E-state index contributed by atoms with van der Waals surface area (Å²) in [5.41, 5.74) is 0.770. The molecule has 80 valence electrons. The highest BCUT2D eigenvalue weighted by atomic mass is 35.5. The molecule has 0 saturated heterocycles. The number of fused-ring (bicyclic) bond motifs is 2. The molecule has 2 aromatic carbocycles. The van der Waals surface area contributed by atoms with Crippen LogP contribution in [-0.4, -0.2) is 11.1 Å². The van der Waals surface area contributed by atoms with E-state index in [1.54, 1.807) is 18.2 Å². The number of phenolic OH excluding ortho intramolecular Hbond substituents is 1. The molecule has 0 fully saturated rings. The largest absolute Gasteiger partial charge is 0.506 e. The normalized spacial score (nSPS) is 13.9. The molecule has 0 aromatic heterocycles. The van der Waals surface area contributed by atoms with Gasteiger partial charge in [0, 0.05) is 16.3 Å². The third-order valence-electron chi connectivity index (χ3n) is 2.77. The fourth-order valence-corrected chi connectivity index (χ4v) is 2.31. The van der Waals surface area contributed by atoms with Gasteiger partial charge >= 0.3 is 5.97 Å². The fourth-order valence-electron chi connectivity index (χ4n) is 2.00. The zero-order valence-electron chi connectivity index (χ0n) is 8.16. The topological polar surface area (TPSA) is 46.5 Å². The number of hydrogen-bond acceptors (Lipinski definition) is 3. The Morgan fingerprint density at radius 1 is 1.25 bits per heavy atom. The Morgan fingerprint density at radius 3 is 2.69 bits per heavy atom. The molecular weight excluding hydrogens is 228 g/mol. The Labute approximate surface area is 96.2 Å². The molecule has 0 spiro atoms. The monoisotopic (exact) mass is 234 g/mol. The van der Waals surface area contributed by atoms with Crippen LogP contribution in [0.1, 0.15) is 15.9 Å². The van der Waals surface area contributed by atoms with E-state index >= 15 is 0 Å². The first-order valence-electron chi connectivity index (χ1n) is 4.79. The first kappa shape index (κ1) is 9.48. The van der Waals surface area contributed by atoms with Gasteiger partial charge in [0.1, 0.15) is 17.9 Å². The van der Waals surface area contributed by atoms with Crippen molar-refractivity contribution in [3.8, 4) is 5.75 Å². The second-order valence-corrected chi connectivity index (χ2v) is 4.02. The molecule has 0 amide bonds. The molecule has 3 rings (SSSR count). The van der Waals surface area contributed by atoms with Crippen molar-refractivity contribution in [3.05, 3.63) is 40.4 Å². The molecule has 0 atom stereocenters. The van der Waals surface area contributed by atoms with E-state index in [0.717, 1.165) is 5.39 Å². The Kier molecular flexibility index (Phi) is 1.85. The molecule has 1 heterocycles. The molecule has 1 aliphatic rings. The molecule has 4 heteroatoms. The summed E-state index contributed by atoms with van der Waals surface area (Å²) in [7, 11) is 0. The quantitative estimate of drug-likeness (QED) is 0.713. The molecule has 3 nitrogen and oxygen atoms in total. The Hall–Kier alpha value is -1.74. The number of benzene rings is 2. The highest BCUT2D eigenvalue weighted by Gasteiger charge is 2.29. The number of carbonyl (C=O) groups is 1. The highest BCUT2D eigenvalue weighted by Crippen LogP contribution is 2.41. The van der Waals surface area contributed by atoms with Crippen LogP contribution in [0.25, 0.3) is 10.8 Å². The number of phenols is 1. The molecule has 2 aromatic rings. The van der Waals surface area contributed by atoms with Crippen LogP contribution >= 0.6 is 11.6 Å². The average molecular weight is 235 g/mol. The van der Waals surface area contributed by atoms with Crippen LogP contribution in [0, 0.1) is 0 Å². The summed E-state index contributed by atoms with van der Waals surface area (Å²) in [5.74, 6) is -0.558. The second kappa shape index (κ2) is 3.12. The number of halogens is 1. The summed E-state index contributed by atoms with van der Waals surface area (Å²) in [4.78, 5) is 11.4. The van der Waals surface area contributed by atoms with E-state index in [-0.39, 0.29) is 17.9 Å². The van der Waals surface area contributed by atoms with E-state index in [1.807, 2.05) is 6.07 Å². The maximum atomic E-state index is 11.4. The molecule has 0 radical (unpaired) electrons. The zero-order chi connectivity index (χ0) is 11.3. The van der Waals surface area contributed by atoms with E-state index < -0.39 is 5.97 Å². The van der Waals surface area contributed by atoms with Crippen molar-refractivity contribution in [2.24, 2.45) is 0 Å². The van der Waals surface area contributed by atoms with E-state index in [2.05, 4.69) is 0 Å². The van der Waals surface area contributed by atoms with Crippen molar-refractivity contribution in [1.82, 2.24) is 0 Å². The molecular formula is C12H7ClO3. The van der Waals surface area contributed by atoms with Gasteiger partial charge in [-0.1, -0.05) is 35.9 Å². The van der Waals surface area contributed by atoms with E-state index in [9.17, 15) is 9.90 Å². The molecule has 1 aliphatic heterocycles. The number of ether oxygens (including phenoxy) is 1. The Balaban J connectivity index is 2.53. The summed E-state index contributed by atoms with van der Waals surface area (Å²) in [6, 6.07) is 7.14. The molecule has 16 heavy (non-hydrogen) atoms. The van der Waals surface area contributed by atoms with Crippen LogP contribution in [0.3, 0.4) is 0 Å². The number of cyclic esters (lactones) is 1. The molecule has 0 aliphatic carbocycles. The van der Waals surface area contributed by atoms with Gasteiger partial charge in [-0.3, -0.25) is 0 Å². The molecule has 0 bridgehead atoms. The predicted molar refractivity (Wildman–Crippen MR) is 59.7 cm³/mol. The van der Waals surface area contributed by atoms with Gasteiger partial charge in [0.05, 0.1) is 5.02 Å². The fraction of sp³-hybridized carbons (Fsp3) is 0.0833. The van der Waals surface area contributed by atoms with E-state index in [0.29, 0.717) is 16.0 Å². The minimum Gasteiger partial charge on any atom is -0.506 e.